The van der Waals surface area contributed by atoms with E-state index in [0.29, 0.717) is 13.1 Å². The van der Waals surface area contributed by atoms with E-state index in [1.54, 1.807) is 11.8 Å². The molecule has 1 aliphatic rings. The molecule has 112 valence electrons. The first-order chi connectivity index (χ1) is 9.21. The van der Waals surface area contributed by atoms with Gasteiger partial charge >= 0.3 is 0 Å². The van der Waals surface area contributed by atoms with Crippen LogP contribution < -0.4 is 5.73 Å². The zero-order valence-electron chi connectivity index (χ0n) is 11.1. The quantitative estimate of drug-likeness (QED) is 0.798. The van der Waals surface area contributed by atoms with Gasteiger partial charge in [-0.25, -0.2) is 12.8 Å². The molecule has 20 heavy (non-hydrogen) atoms. The zero-order valence-corrected chi connectivity index (χ0v) is 14.4. The Balaban J connectivity index is 2.45. The monoisotopic (exact) mass is 382 g/mol. The van der Waals surface area contributed by atoms with Crippen LogP contribution in [-0.2, 0) is 10.0 Å². The van der Waals surface area contributed by atoms with Crippen LogP contribution in [0.25, 0.3) is 0 Å². The molecule has 0 radical (unpaired) electrons. The number of hydrogen-bond donors (Lipinski definition) is 1. The molecule has 0 saturated carbocycles. The minimum Gasteiger partial charge on any atom is -0.399 e. The molecule has 0 aromatic heterocycles. The first-order valence-corrected chi connectivity index (χ1v) is 9.29. The second kappa shape index (κ2) is 5.82. The van der Waals surface area contributed by atoms with Gasteiger partial charge in [0, 0.05) is 29.3 Å². The van der Waals surface area contributed by atoms with Crippen molar-refractivity contribution < 1.29 is 12.8 Å². The molecule has 0 aliphatic carbocycles. The predicted molar refractivity (Wildman–Crippen MR) is 83.8 cm³/mol. The van der Waals surface area contributed by atoms with Gasteiger partial charge in [0.15, 0.2) is 5.82 Å². The van der Waals surface area contributed by atoms with Crippen molar-refractivity contribution in [2.24, 2.45) is 0 Å². The molecule has 1 fully saturated rings. The van der Waals surface area contributed by atoms with Crippen LogP contribution in [0.5, 0.6) is 0 Å². The van der Waals surface area contributed by atoms with E-state index in [1.807, 2.05) is 13.8 Å². The summed E-state index contributed by atoms with van der Waals surface area (Å²) in [7, 11) is -3.87. The molecule has 2 atom stereocenters. The van der Waals surface area contributed by atoms with Crippen molar-refractivity contribution in [3.63, 3.8) is 0 Å². The SMILES string of the molecule is CC1CN(S(=O)(=O)c2cc(N)cc(Br)c2F)CC(C)S1. The molecule has 2 unspecified atom stereocenters. The molecule has 8 heteroatoms. The second-order valence-electron chi connectivity index (χ2n) is 4.89. The number of thioether (sulfide) groups is 1. The number of nitrogen functional groups attached to an aromatic ring is 1. The first kappa shape index (κ1) is 16.1. The Morgan fingerprint density at radius 2 is 1.90 bits per heavy atom. The van der Waals surface area contributed by atoms with Crippen molar-refractivity contribution in [1.29, 1.82) is 0 Å². The van der Waals surface area contributed by atoms with Crippen LogP contribution in [-0.4, -0.2) is 36.3 Å². The van der Waals surface area contributed by atoms with E-state index in [9.17, 15) is 12.8 Å². The third-order valence-corrected chi connectivity index (χ3v) is 6.66. The summed E-state index contributed by atoms with van der Waals surface area (Å²) in [6.07, 6.45) is 0. The maximum absolute atomic E-state index is 14.1. The minimum atomic E-state index is -3.87. The zero-order chi connectivity index (χ0) is 15.1. The molecule has 2 rings (SSSR count). The highest BCUT2D eigenvalue weighted by molar-refractivity contribution is 9.10. The summed E-state index contributed by atoms with van der Waals surface area (Å²) in [5.74, 6) is -0.794. The summed E-state index contributed by atoms with van der Waals surface area (Å²) >= 11 is 4.73. The molecular formula is C12H16BrFN2O2S2. The standard InChI is InChI=1S/C12H16BrFN2O2S2/c1-7-5-16(6-8(2)19-7)20(17,18)11-4-9(15)3-10(13)12(11)14/h3-4,7-8H,5-6,15H2,1-2H3. The highest BCUT2D eigenvalue weighted by Crippen LogP contribution is 2.32. The van der Waals surface area contributed by atoms with E-state index in [0.717, 1.165) is 0 Å². The third-order valence-electron chi connectivity index (χ3n) is 3.02. The Bertz CT molecular complexity index is 614. The summed E-state index contributed by atoms with van der Waals surface area (Å²) in [6, 6.07) is 2.53. The van der Waals surface area contributed by atoms with Gasteiger partial charge in [-0.2, -0.15) is 16.1 Å². The van der Waals surface area contributed by atoms with Gasteiger partial charge in [0.25, 0.3) is 0 Å². The summed E-state index contributed by atoms with van der Waals surface area (Å²) in [4.78, 5) is -0.365. The fraction of sp³-hybridized carbons (Fsp3) is 0.500. The molecular weight excluding hydrogens is 367 g/mol. The van der Waals surface area contributed by atoms with Gasteiger partial charge in [0.1, 0.15) is 4.90 Å². The fourth-order valence-corrected chi connectivity index (χ4v) is 6.10. The Hall–Kier alpha value is -0.310. The van der Waals surface area contributed by atoms with E-state index in [2.05, 4.69) is 15.9 Å². The van der Waals surface area contributed by atoms with Gasteiger partial charge in [0.05, 0.1) is 4.47 Å². The highest BCUT2D eigenvalue weighted by atomic mass is 79.9. The first-order valence-electron chi connectivity index (χ1n) is 6.12. The molecule has 1 saturated heterocycles. The Morgan fingerprint density at radius 1 is 1.35 bits per heavy atom. The molecule has 1 aromatic carbocycles. The molecule has 1 aromatic rings. The van der Waals surface area contributed by atoms with Gasteiger partial charge in [-0.1, -0.05) is 13.8 Å². The van der Waals surface area contributed by atoms with Crippen LogP contribution in [0.2, 0.25) is 0 Å². The van der Waals surface area contributed by atoms with Crippen LogP contribution in [0.4, 0.5) is 10.1 Å². The number of nitrogens with two attached hydrogens (primary N) is 1. The van der Waals surface area contributed by atoms with E-state index in [1.165, 1.54) is 16.4 Å². The highest BCUT2D eigenvalue weighted by Gasteiger charge is 2.34. The molecule has 4 nitrogen and oxygen atoms in total. The topological polar surface area (TPSA) is 63.4 Å². The van der Waals surface area contributed by atoms with Crippen molar-refractivity contribution in [3.05, 3.63) is 22.4 Å². The lowest BCUT2D eigenvalue weighted by Crippen LogP contribution is -2.44. The average molecular weight is 383 g/mol. The van der Waals surface area contributed by atoms with Crippen molar-refractivity contribution in [1.82, 2.24) is 4.31 Å². The third kappa shape index (κ3) is 3.13. The van der Waals surface area contributed by atoms with Crippen LogP contribution in [0, 0.1) is 5.82 Å². The number of benzene rings is 1. The fourth-order valence-electron chi connectivity index (χ4n) is 2.24. The van der Waals surface area contributed by atoms with Crippen LogP contribution >= 0.6 is 27.7 Å². The average Bonchev–Trinajstić information content (AvgIpc) is 2.32. The molecule has 0 amide bonds. The molecule has 2 N–H and O–H groups in total. The lowest BCUT2D eigenvalue weighted by atomic mass is 10.3. The van der Waals surface area contributed by atoms with Gasteiger partial charge in [-0.15, -0.1) is 0 Å². The lowest BCUT2D eigenvalue weighted by molar-refractivity contribution is 0.401. The largest absolute Gasteiger partial charge is 0.399 e. The van der Waals surface area contributed by atoms with E-state index in [4.69, 9.17) is 5.73 Å². The van der Waals surface area contributed by atoms with Crippen LogP contribution in [0.15, 0.2) is 21.5 Å². The number of rotatable bonds is 2. The van der Waals surface area contributed by atoms with Crippen LogP contribution in [0.1, 0.15) is 13.8 Å². The van der Waals surface area contributed by atoms with E-state index < -0.39 is 15.8 Å². The Kier molecular flexibility index (Phi) is 4.68. The number of hydrogen-bond acceptors (Lipinski definition) is 4. The van der Waals surface area contributed by atoms with Crippen molar-refractivity contribution in [3.8, 4) is 0 Å². The lowest BCUT2D eigenvalue weighted by Gasteiger charge is -2.33. The molecule has 0 bridgehead atoms. The molecule has 1 aliphatic heterocycles. The maximum atomic E-state index is 14.1. The Morgan fingerprint density at radius 3 is 2.45 bits per heavy atom. The van der Waals surface area contributed by atoms with Gasteiger partial charge in [-0.05, 0) is 28.1 Å². The molecule has 1 heterocycles. The predicted octanol–water partition coefficient (Wildman–Crippen LogP) is 2.68. The normalized spacial score (nSPS) is 24.8. The molecule has 0 spiro atoms. The summed E-state index contributed by atoms with van der Waals surface area (Å²) in [5.41, 5.74) is 5.84. The maximum Gasteiger partial charge on any atom is 0.246 e. The van der Waals surface area contributed by atoms with E-state index in [-0.39, 0.29) is 25.6 Å². The summed E-state index contributed by atoms with van der Waals surface area (Å²) in [5, 5.41) is 0.363. The Labute approximate surface area is 131 Å². The summed E-state index contributed by atoms with van der Waals surface area (Å²) < 4.78 is 40.7. The van der Waals surface area contributed by atoms with Crippen molar-refractivity contribution in [2.45, 2.75) is 29.2 Å². The minimum absolute atomic E-state index is 0.0588. The van der Waals surface area contributed by atoms with Crippen LogP contribution in [0.3, 0.4) is 0 Å². The number of nitrogens with zero attached hydrogens (tertiary/aromatic N) is 1. The van der Waals surface area contributed by atoms with Gasteiger partial charge in [0.2, 0.25) is 10.0 Å². The van der Waals surface area contributed by atoms with Crippen molar-refractivity contribution >= 4 is 43.4 Å². The smallest absolute Gasteiger partial charge is 0.246 e. The number of sulfonamides is 1. The van der Waals surface area contributed by atoms with Gasteiger partial charge < -0.3 is 5.73 Å². The second-order valence-corrected chi connectivity index (χ2v) is 9.54. The van der Waals surface area contributed by atoms with Crippen molar-refractivity contribution in [2.75, 3.05) is 18.8 Å². The van der Waals surface area contributed by atoms with Gasteiger partial charge in [-0.3, -0.25) is 0 Å². The van der Waals surface area contributed by atoms with E-state index >= 15 is 0 Å². The number of halogens is 2. The summed E-state index contributed by atoms with van der Waals surface area (Å²) in [6.45, 7) is 4.69. The number of anilines is 1.